The van der Waals surface area contributed by atoms with Gasteiger partial charge < -0.3 is 10.4 Å². The zero-order valence-corrected chi connectivity index (χ0v) is 14.2. The van der Waals surface area contributed by atoms with Crippen molar-refractivity contribution in [1.82, 2.24) is 10.2 Å². The number of aliphatic carboxylic acids is 1. The number of carbonyl (C=O) groups excluding carboxylic acids is 2. The molecule has 2 amide bonds. The van der Waals surface area contributed by atoms with Crippen molar-refractivity contribution in [3.63, 3.8) is 0 Å². The highest BCUT2D eigenvalue weighted by Crippen LogP contribution is 2.54. The molecule has 0 bridgehead atoms. The van der Waals surface area contributed by atoms with Gasteiger partial charge in [-0.05, 0) is 19.4 Å². The molecule has 0 spiro atoms. The Morgan fingerprint density at radius 1 is 1.33 bits per heavy atom. The minimum atomic E-state index is -1.78. The van der Waals surface area contributed by atoms with Crippen LogP contribution in [0.1, 0.15) is 19.4 Å². The number of thioether (sulfide) groups is 1. The maximum Gasteiger partial charge on any atom is 0.346 e. The maximum atomic E-state index is 12.4. The third kappa shape index (κ3) is 2.29. The van der Waals surface area contributed by atoms with Gasteiger partial charge in [0.25, 0.3) is 5.91 Å². The highest BCUT2D eigenvalue weighted by Gasteiger charge is 2.71. The van der Waals surface area contributed by atoms with Crippen LogP contribution in [0.3, 0.4) is 0 Å². The Morgan fingerprint density at radius 2 is 1.96 bits per heavy atom. The minimum absolute atomic E-state index is 0.165. The fourth-order valence-electron chi connectivity index (χ4n) is 3.14. The second-order valence-corrected chi connectivity index (χ2v) is 8.25. The van der Waals surface area contributed by atoms with Gasteiger partial charge >= 0.3 is 5.97 Å². The largest absolute Gasteiger partial charge is 0.478 e. The summed E-state index contributed by atoms with van der Waals surface area (Å²) >= 11 is 1.30. The molecule has 2 fully saturated rings. The van der Waals surface area contributed by atoms with Gasteiger partial charge in [-0.2, -0.15) is 0 Å². The lowest BCUT2D eigenvalue weighted by atomic mass is 9.89. The highest BCUT2D eigenvalue weighted by atomic mass is 32.2. The van der Waals surface area contributed by atoms with Gasteiger partial charge in [0.05, 0.1) is 11.2 Å². The van der Waals surface area contributed by atoms with Crippen LogP contribution in [-0.2, 0) is 20.8 Å². The first-order chi connectivity index (χ1) is 11.2. The maximum absolute atomic E-state index is 12.4. The molecule has 2 heterocycles. The normalized spacial score (nSPS) is 30.5. The number of β-lactam (4-membered cyclic amide) rings is 1. The molecule has 7 nitrogen and oxygen atoms in total. The Bertz CT molecular complexity index is 709. The molecule has 128 valence electrons. The Hall–Kier alpha value is -2.06. The fraction of sp³-hybridized carbons (Fsp3) is 0.438. The van der Waals surface area contributed by atoms with E-state index in [9.17, 15) is 19.5 Å². The Balaban J connectivity index is 1.72. The van der Waals surface area contributed by atoms with E-state index in [1.807, 2.05) is 30.3 Å². The molecule has 2 aliphatic rings. The number of hydrogen-bond donors (Lipinski definition) is 3. The first kappa shape index (κ1) is 16.8. The monoisotopic (exact) mass is 349 g/mol. The molecular formula is C16H19N3O4S. The first-order valence-electron chi connectivity index (χ1n) is 7.55. The summed E-state index contributed by atoms with van der Waals surface area (Å²) in [6, 6.07) is 8.45. The lowest BCUT2D eigenvalue weighted by molar-refractivity contribution is -0.171. The molecule has 3 rings (SSSR count). The molecule has 0 saturated carbocycles. The van der Waals surface area contributed by atoms with Crippen molar-refractivity contribution < 1.29 is 19.5 Å². The van der Waals surface area contributed by atoms with E-state index in [4.69, 9.17) is 5.73 Å². The summed E-state index contributed by atoms with van der Waals surface area (Å²) < 4.78 is -0.863. The standard InChI is InChI=1S/C16H19N3O4S/c1-15(2)16(17,14(22)23)19-12(21)11(13(19)24-15)18-10(20)8-9-6-4-3-5-7-9/h3-7,11,13H,8,17H2,1-2H3,(H,18,20)(H,22,23)/t11-,13+,16-/m0/s1. The van der Waals surface area contributed by atoms with E-state index in [2.05, 4.69) is 5.32 Å². The van der Waals surface area contributed by atoms with Crippen molar-refractivity contribution in [2.45, 2.75) is 42.1 Å². The molecule has 8 heteroatoms. The van der Waals surface area contributed by atoms with Gasteiger partial charge in [0.1, 0.15) is 11.4 Å². The zero-order chi connectivity index (χ0) is 17.7. The van der Waals surface area contributed by atoms with Crippen LogP contribution >= 0.6 is 11.8 Å². The van der Waals surface area contributed by atoms with Crippen LogP contribution in [0.2, 0.25) is 0 Å². The van der Waals surface area contributed by atoms with Crippen LogP contribution in [-0.4, -0.2) is 49.6 Å². The Kier molecular flexibility index (Phi) is 3.84. The molecule has 1 aromatic carbocycles. The summed E-state index contributed by atoms with van der Waals surface area (Å²) in [5, 5.41) is 11.7. The molecule has 0 radical (unpaired) electrons. The van der Waals surface area contributed by atoms with E-state index >= 15 is 0 Å². The fourth-order valence-corrected chi connectivity index (χ4v) is 4.81. The van der Waals surface area contributed by atoms with Crippen LogP contribution < -0.4 is 11.1 Å². The zero-order valence-electron chi connectivity index (χ0n) is 13.4. The number of rotatable bonds is 4. The summed E-state index contributed by atoms with van der Waals surface area (Å²) in [6.07, 6.45) is 0.165. The van der Waals surface area contributed by atoms with Crippen molar-refractivity contribution in [2.24, 2.45) is 5.73 Å². The van der Waals surface area contributed by atoms with E-state index in [-0.39, 0.29) is 12.3 Å². The number of amides is 2. The van der Waals surface area contributed by atoms with Crippen molar-refractivity contribution in [3.05, 3.63) is 35.9 Å². The summed E-state index contributed by atoms with van der Waals surface area (Å²) in [7, 11) is 0. The minimum Gasteiger partial charge on any atom is -0.478 e. The number of fused-ring (bicyclic) bond motifs is 1. The topological polar surface area (TPSA) is 113 Å². The number of hydrogen-bond acceptors (Lipinski definition) is 5. The van der Waals surface area contributed by atoms with E-state index in [0.29, 0.717) is 0 Å². The smallest absolute Gasteiger partial charge is 0.346 e. The van der Waals surface area contributed by atoms with Crippen molar-refractivity contribution in [1.29, 1.82) is 0 Å². The molecular weight excluding hydrogens is 330 g/mol. The molecule has 2 aliphatic heterocycles. The third-order valence-electron chi connectivity index (χ3n) is 4.61. The van der Waals surface area contributed by atoms with Crippen LogP contribution in [0, 0.1) is 0 Å². The van der Waals surface area contributed by atoms with Crippen molar-refractivity contribution in [3.8, 4) is 0 Å². The van der Waals surface area contributed by atoms with Gasteiger partial charge in [-0.15, -0.1) is 11.8 Å². The van der Waals surface area contributed by atoms with Crippen LogP contribution in [0.5, 0.6) is 0 Å². The van der Waals surface area contributed by atoms with Gasteiger partial charge in [-0.1, -0.05) is 30.3 Å². The third-order valence-corrected chi connectivity index (χ3v) is 6.23. The Labute approximate surface area is 143 Å². The van der Waals surface area contributed by atoms with Crippen molar-refractivity contribution >= 4 is 29.5 Å². The van der Waals surface area contributed by atoms with E-state index in [0.717, 1.165) is 5.56 Å². The average molecular weight is 349 g/mol. The highest BCUT2D eigenvalue weighted by molar-refractivity contribution is 8.01. The van der Waals surface area contributed by atoms with Gasteiger partial charge in [0.15, 0.2) is 0 Å². The number of nitrogens with one attached hydrogen (secondary N) is 1. The van der Waals surface area contributed by atoms with Gasteiger partial charge in [-0.3, -0.25) is 20.2 Å². The van der Waals surface area contributed by atoms with Gasteiger partial charge in [0, 0.05) is 0 Å². The van der Waals surface area contributed by atoms with Crippen molar-refractivity contribution in [2.75, 3.05) is 0 Å². The first-order valence-corrected chi connectivity index (χ1v) is 8.43. The van der Waals surface area contributed by atoms with Gasteiger partial charge in [-0.25, -0.2) is 4.79 Å². The molecule has 0 unspecified atom stereocenters. The predicted molar refractivity (Wildman–Crippen MR) is 88.9 cm³/mol. The lowest BCUT2D eigenvalue weighted by Gasteiger charge is -2.47. The molecule has 0 aliphatic carbocycles. The summed E-state index contributed by atoms with van der Waals surface area (Å²) in [4.78, 5) is 37.4. The molecule has 24 heavy (non-hydrogen) atoms. The van der Waals surface area contributed by atoms with E-state index in [1.165, 1.54) is 16.7 Å². The summed E-state index contributed by atoms with van der Waals surface area (Å²) in [5.41, 5.74) is 5.11. The summed E-state index contributed by atoms with van der Waals surface area (Å²) in [6.45, 7) is 3.39. The molecule has 4 N–H and O–H groups in total. The quantitative estimate of drug-likeness (QED) is 0.667. The second kappa shape index (κ2) is 5.49. The second-order valence-electron chi connectivity index (χ2n) is 6.51. The Morgan fingerprint density at radius 3 is 2.54 bits per heavy atom. The molecule has 2 saturated heterocycles. The number of nitrogens with two attached hydrogens (primary N) is 1. The number of carboxylic acids is 1. The number of benzene rings is 1. The molecule has 0 aromatic heterocycles. The van der Waals surface area contributed by atoms with Crippen LogP contribution in [0.4, 0.5) is 0 Å². The van der Waals surface area contributed by atoms with E-state index in [1.54, 1.807) is 13.8 Å². The number of carboxylic acid groups (broad SMARTS) is 1. The lowest BCUT2D eigenvalue weighted by Crippen LogP contribution is -2.78. The van der Waals surface area contributed by atoms with E-state index < -0.39 is 33.7 Å². The molecule has 3 atom stereocenters. The average Bonchev–Trinajstić information content (AvgIpc) is 2.71. The van der Waals surface area contributed by atoms with Crippen LogP contribution in [0.15, 0.2) is 30.3 Å². The number of carbonyl (C=O) groups is 3. The van der Waals surface area contributed by atoms with Gasteiger partial charge in [0.2, 0.25) is 11.6 Å². The summed E-state index contributed by atoms with van der Waals surface area (Å²) in [5.74, 6) is -1.98. The predicted octanol–water partition coefficient (Wildman–Crippen LogP) is 0.147. The molecule has 1 aromatic rings. The van der Waals surface area contributed by atoms with Crippen LogP contribution in [0.25, 0.3) is 0 Å². The number of nitrogens with zero attached hydrogens (tertiary/aromatic N) is 1. The SMILES string of the molecule is CC1(C)S[C@@H]2[C@@H](NC(=O)Cc3ccccc3)C(=O)N2[C@@]1(N)C(=O)O.